The molecule has 0 radical (unpaired) electrons. The summed E-state index contributed by atoms with van der Waals surface area (Å²) in [7, 11) is -3.58. The van der Waals surface area contributed by atoms with Crippen molar-refractivity contribution >= 4 is 114 Å². The van der Waals surface area contributed by atoms with Gasteiger partial charge in [0.05, 0.1) is 41.2 Å². The van der Waals surface area contributed by atoms with Crippen molar-refractivity contribution in [2.24, 2.45) is 11.8 Å². The monoisotopic (exact) mass is 823 g/mol. The van der Waals surface area contributed by atoms with Crippen LogP contribution in [0.25, 0.3) is 11.1 Å². The summed E-state index contributed by atoms with van der Waals surface area (Å²) in [6, 6.07) is 3.06. The van der Waals surface area contributed by atoms with Crippen molar-refractivity contribution in [1.82, 2.24) is 4.48 Å². The van der Waals surface area contributed by atoms with Crippen molar-refractivity contribution in [3.8, 4) is 12.5 Å². The molecule has 2 aliphatic heterocycles. The van der Waals surface area contributed by atoms with Gasteiger partial charge in [0, 0.05) is 21.5 Å². The molecular weight excluding hydrogens is 773 g/mol. The Kier molecular flexibility index (Phi) is 12.0. The summed E-state index contributed by atoms with van der Waals surface area (Å²) in [6.07, 6.45) is 15.1. The summed E-state index contributed by atoms with van der Waals surface area (Å²) in [6.45, 7) is 24.2. The SMILES string of the molecule is C#C[N+]1(CC(CC)CCCC)C(=O)/C(=C2/C(=O)N(CC(CC)CCCC)c3c2sc([Si](C)(C)C)c3Br)c2sc([Si](C)(C)C)c(Br)c21. The smallest absolute Gasteiger partial charge is 0.305 e. The largest absolute Gasteiger partial charge is 0.366 e. The van der Waals surface area contributed by atoms with Crippen molar-refractivity contribution in [3.63, 3.8) is 0 Å². The fourth-order valence-corrected chi connectivity index (χ4v) is 18.7. The fraction of sp³-hybridized carbons (Fsp3) is 0.611. The van der Waals surface area contributed by atoms with Crippen molar-refractivity contribution < 1.29 is 9.59 Å². The van der Waals surface area contributed by atoms with Crippen LogP contribution in [0.15, 0.2) is 8.95 Å². The number of carbonyl (C=O) groups is 2. The van der Waals surface area contributed by atoms with Crippen molar-refractivity contribution in [1.29, 1.82) is 0 Å². The predicted molar refractivity (Wildman–Crippen MR) is 216 cm³/mol. The van der Waals surface area contributed by atoms with Crippen LogP contribution in [0.4, 0.5) is 11.4 Å². The van der Waals surface area contributed by atoms with Gasteiger partial charge in [-0.1, -0.05) is 106 Å². The van der Waals surface area contributed by atoms with Crippen molar-refractivity contribution in [2.45, 2.75) is 118 Å². The number of terminal acetylenes is 1. The van der Waals surface area contributed by atoms with E-state index in [1.54, 1.807) is 22.7 Å². The quantitative estimate of drug-likeness (QED) is 0.0824. The maximum absolute atomic E-state index is 15.2. The molecule has 0 bridgehead atoms. The Morgan fingerprint density at radius 3 is 1.83 bits per heavy atom. The van der Waals surface area contributed by atoms with Crippen LogP contribution >= 0.6 is 54.5 Å². The lowest BCUT2D eigenvalue weighted by molar-refractivity contribution is -0.121. The first-order valence-electron chi connectivity index (χ1n) is 17.2. The van der Waals surface area contributed by atoms with Gasteiger partial charge in [0.2, 0.25) is 0 Å². The summed E-state index contributed by atoms with van der Waals surface area (Å²) in [5.41, 5.74) is 3.00. The fourth-order valence-electron chi connectivity index (χ4n) is 6.86. The summed E-state index contributed by atoms with van der Waals surface area (Å²) in [5.74, 6) is 0.568. The third-order valence-corrected chi connectivity index (χ3v) is 22.0. The predicted octanol–water partition coefficient (Wildman–Crippen LogP) is 10.6. The Morgan fingerprint density at radius 1 is 0.804 bits per heavy atom. The number of quaternary nitrogens is 1. The topological polar surface area (TPSA) is 37.4 Å². The molecule has 3 atom stereocenters. The van der Waals surface area contributed by atoms with Gasteiger partial charge in [-0.15, -0.1) is 27.2 Å². The Labute approximate surface area is 305 Å². The molecule has 4 rings (SSSR count). The second-order valence-electron chi connectivity index (χ2n) is 15.3. The van der Waals surface area contributed by atoms with Crippen LogP contribution in [0.1, 0.15) is 88.8 Å². The highest BCUT2D eigenvalue weighted by molar-refractivity contribution is 9.11. The van der Waals surface area contributed by atoms with Gasteiger partial charge in [0.25, 0.3) is 5.91 Å². The first kappa shape index (κ1) is 38.0. The molecule has 0 aliphatic carbocycles. The number of rotatable bonds is 14. The van der Waals surface area contributed by atoms with Crippen LogP contribution in [0, 0.1) is 24.3 Å². The number of nitrogens with zero attached hydrogens (tertiary/aromatic N) is 2. The zero-order chi connectivity index (χ0) is 34.4. The minimum atomic E-state index is -1.81. The number of halogens is 2. The highest BCUT2D eigenvalue weighted by Gasteiger charge is 2.58. The Hall–Kier alpha value is -0.806. The Balaban J connectivity index is 2.05. The Morgan fingerprint density at radius 2 is 1.33 bits per heavy atom. The standard InChI is InChI=1S/C36H53Br2N2O2S2Si2/c1-12-17-19-23(14-3)21-39-29-27(37)35(45(6,7)8)43-31(29)25(33(39)41)26-32-30(28(38)36(44-32)46(9,10)11)40(16-5,34(26)42)22-24(15-4)20-18-13-2/h5,23-24H,12-15,17-22H2,1-4,6-11H3/q+1/b26-25+. The molecule has 46 heavy (non-hydrogen) atoms. The minimum absolute atomic E-state index is 0.0394. The van der Waals surface area contributed by atoms with Gasteiger partial charge in [-0.05, 0) is 57.0 Å². The average molecular weight is 826 g/mol. The van der Waals surface area contributed by atoms with Crippen molar-refractivity contribution in [2.75, 3.05) is 18.0 Å². The van der Waals surface area contributed by atoms with Crippen LogP contribution in [0.2, 0.25) is 39.3 Å². The molecule has 0 aromatic carbocycles. The summed E-state index contributed by atoms with van der Waals surface area (Å²) in [5, 5.41) is 0. The molecule has 2 aromatic rings. The molecule has 4 heterocycles. The first-order valence-corrected chi connectivity index (χ1v) is 27.4. The molecule has 4 nitrogen and oxygen atoms in total. The lowest BCUT2D eigenvalue weighted by atomic mass is 9.97. The number of hydrogen-bond acceptors (Lipinski definition) is 4. The maximum atomic E-state index is 15.2. The molecule has 10 heteroatoms. The van der Waals surface area contributed by atoms with E-state index >= 15 is 4.79 Å². The molecule has 3 unspecified atom stereocenters. The maximum Gasteiger partial charge on any atom is 0.366 e. The number of carbonyl (C=O) groups excluding carboxylic acids is 2. The van der Waals surface area contributed by atoms with Gasteiger partial charge in [0.15, 0.2) is 5.69 Å². The number of unbranched alkanes of at least 4 members (excludes halogenated alkanes) is 2. The molecule has 2 aromatic heterocycles. The molecule has 252 valence electrons. The third-order valence-electron chi connectivity index (χ3n) is 9.67. The molecule has 0 N–H and O–H groups in total. The van der Waals surface area contributed by atoms with Crippen LogP contribution in [-0.4, -0.2) is 41.1 Å². The number of hydrogen-bond donors (Lipinski definition) is 0. The van der Waals surface area contributed by atoms with E-state index in [0.29, 0.717) is 36.1 Å². The molecule has 0 fully saturated rings. The van der Waals surface area contributed by atoms with Crippen LogP contribution in [0.5, 0.6) is 0 Å². The van der Waals surface area contributed by atoms with Gasteiger partial charge in [-0.2, -0.15) is 0 Å². The second-order valence-corrected chi connectivity index (χ2v) is 29.6. The lowest BCUT2D eigenvalue weighted by Crippen LogP contribution is -2.51. The number of thiophene rings is 2. The van der Waals surface area contributed by atoms with E-state index < -0.39 is 16.1 Å². The number of amides is 2. The van der Waals surface area contributed by atoms with Crippen molar-refractivity contribution in [3.05, 3.63) is 18.7 Å². The van der Waals surface area contributed by atoms with E-state index in [-0.39, 0.29) is 16.3 Å². The number of fused-ring (bicyclic) bond motifs is 2. The van der Waals surface area contributed by atoms with Gasteiger partial charge in [-0.25, -0.2) is 4.79 Å². The van der Waals surface area contributed by atoms with Crippen LogP contribution in [-0.2, 0) is 9.59 Å². The van der Waals surface area contributed by atoms with E-state index in [2.05, 4.69) is 105 Å². The normalized spacial score (nSPS) is 21.2. The van der Waals surface area contributed by atoms with E-state index in [0.717, 1.165) is 81.4 Å². The average Bonchev–Trinajstić information content (AvgIpc) is 3.66. The lowest BCUT2D eigenvalue weighted by Gasteiger charge is -2.29. The highest BCUT2D eigenvalue weighted by atomic mass is 79.9. The van der Waals surface area contributed by atoms with E-state index in [9.17, 15) is 4.79 Å². The Bertz CT molecular complexity index is 1570. The summed E-state index contributed by atoms with van der Waals surface area (Å²) in [4.78, 5) is 33.9. The highest BCUT2D eigenvalue weighted by Crippen LogP contribution is 2.56. The molecule has 2 aliphatic rings. The van der Waals surface area contributed by atoms with Crippen LogP contribution in [0.3, 0.4) is 0 Å². The van der Waals surface area contributed by atoms with Gasteiger partial charge in [-0.3, -0.25) is 4.79 Å². The molecular formula is C36H53Br2N2O2S2Si2+. The van der Waals surface area contributed by atoms with Crippen LogP contribution < -0.4 is 18.4 Å². The van der Waals surface area contributed by atoms with E-state index in [1.165, 1.54) is 9.00 Å². The zero-order valence-electron chi connectivity index (χ0n) is 29.6. The third kappa shape index (κ3) is 6.69. The zero-order valence-corrected chi connectivity index (χ0v) is 36.4. The molecule has 0 saturated carbocycles. The summed E-state index contributed by atoms with van der Waals surface area (Å²) >= 11 is 11.4. The minimum Gasteiger partial charge on any atom is -0.305 e. The summed E-state index contributed by atoms with van der Waals surface area (Å²) < 4.78 is 4.51. The second kappa shape index (κ2) is 14.6. The van der Waals surface area contributed by atoms with E-state index in [1.807, 2.05) is 4.90 Å². The molecule has 2 amide bonds. The van der Waals surface area contributed by atoms with Gasteiger partial charge < -0.3 is 4.90 Å². The van der Waals surface area contributed by atoms with E-state index in [4.69, 9.17) is 6.42 Å². The van der Waals surface area contributed by atoms with Gasteiger partial charge >= 0.3 is 5.91 Å². The molecule has 0 spiro atoms. The first-order chi connectivity index (χ1) is 21.5. The molecule has 0 saturated heterocycles. The van der Waals surface area contributed by atoms with Gasteiger partial charge in [0.1, 0.15) is 23.0 Å². The number of anilines is 1.